The number of nitrogens with zero attached hydrogens (tertiary/aromatic N) is 2. The number of thioether (sulfide) groups is 1. The van der Waals surface area contributed by atoms with E-state index in [1.165, 1.54) is 6.07 Å². The van der Waals surface area contributed by atoms with Crippen LogP contribution in [0.5, 0.6) is 5.75 Å². The molecule has 0 fully saturated rings. The van der Waals surface area contributed by atoms with Crippen LogP contribution in [0.15, 0.2) is 24.3 Å². The largest absolute Gasteiger partial charge is 0.434 e. The van der Waals surface area contributed by atoms with E-state index in [0.717, 1.165) is 22.8 Å². The molecule has 0 saturated carbocycles. The van der Waals surface area contributed by atoms with Gasteiger partial charge < -0.3 is 4.74 Å². The van der Waals surface area contributed by atoms with E-state index in [2.05, 4.69) is 14.7 Å². The van der Waals surface area contributed by atoms with Crippen molar-refractivity contribution >= 4 is 23.4 Å². The van der Waals surface area contributed by atoms with Gasteiger partial charge in [0.2, 0.25) is 0 Å². The number of para-hydroxylation sites is 1. The zero-order valence-corrected chi connectivity index (χ0v) is 11.7. The lowest BCUT2D eigenvalue weighted by atomic mass is 10.1. The Bertz CT molecular complexity index is 654. The molecular weight excluding hydrogens is 306 g/mol. The van der Waals surface area contributed by atoms with Gasteiger partial charge in [-0.05, 0) is 12.1 Å². The van der Waals surface area contributed by atoms with Crippen molar-refractivity contribution in [1.29, 1.82) is 0 Å². The van der Waals surface area contributed by atoms with Crippen LogP contribution < -0.4 is 4.74 Å². The summed E-state index contributed by atoms with van der Waals surface area (Å²) in [5, 5.41) is 0.377. The third-order valence-electron chi connectivity index (χ3n) is 2.87. The lowest BCUT2D eigenvalue weighted by Gasteiger charge is -2.10. The molecule has 7 heteroatoms. The van der Waals surface area contributed by atoms with Crippen LogP contribution in [0.2, 0.25) is 5.15 Å². The first-order valence-corrected chi connectivity index (χ1v) is 7.35. The molecule has 0 bridgehead atoms. The van der Waals surface area contributed by atoms with E-state index in [9.17, 15) is 8.78 Å². The number of aromatic nitrogens is 2. The molecule has 1 aromatic carbocycles. The van der Waals surface area contributed by atoms with Gasteiger partial charge in [-0.25, -0.2) is 9.97 Å². The van der Waals surface area contributed by atoms with Crippen LogP contribution in [-0.2, 0) is 11.5 Å². The minimum atomic E-state index is -2.89. The fourth-order valence-corrected chi connectivity index (χ4v) is 3.36. The summed E-state index contributed by atoms with van der Waals surface area (Å²) < 4.78 is 29.3. The summed E-state index contributed by atoms with van der Waals surface area (Å²) in [6, 6.07) is 6.43. The van der Waals surface area contributed by atoms with Gasteiger partial charge in [0.1, 0.15) is 10.9 Å². The normalized spacial score (nSPS) is 13.6. The zero-order chi connectivity index (χ0) is 14.1. The van der Waals surface area contributed by atoms with Crippen molar-refractivity contribution in [3.8, 4) is 17.1 Å². The quantitative estimate of drug-likeness (QED) is 0.797. The number of fused-ring (bicyclic) bond motifs is 1. The number of rotatable bonds is 3. The first-order chi connectivity index (χ1) is 9.65. The number of benzene rings is 1. The Morgan fingerprint density at radius 1 is 1.20 bits per heavy atom. The van der Waals surface area contributed by atoms with E-state index in [4.69, 9.17) is 11.6 Å². The monoisotopic (exact) mass is 314 g/mol. The molecule has 0 saturated heterocycles. The Balaban J connectivity index is 2.07. The molecule has 2 aromatic rings. The number of alkyl halides is 2. The summed E-state index contributed by atoms with van der Waals surface area (Å²) in [7, 11) is 0. The average molecular weight is 315 g/mol. The molecule has 104 valence electrons. The Morgan fingerprint density at radius 3 is 2.80 bits per heavy atom. The topological polar surface area (TPSA) is 35.0 Å². The van der Waals surface area contributed by atoms with Crippen molar-refractivity contribution in [3.63, 3.8) is 0 Å². The third-order valence-corrected chi connectivity index (χ3v) is 4.15. The van der Waals surface area contributed by atoms with Gasteiger partial charge in [-0.3, -0.25) is 0 Å². The van der Waals surface area contributed by atoms with Crippen LogP contribution in [0.1, 0.15) is 11.3 Å². The maximum atomic E-state index is 12.4. The minimum absolute atomic E-state index is 0.0455. The van der Waals surface area contributed by atoms with Crippen molar-refractivity contribution < 1.29 is 13.5 Å². The molecule has 3 nitrogen and oxygen atoms in total. The van der Waals surface area contributed by atoms with Crippen LogP contribution >= 0.6 is 23.4 Å². The number of halogens is 3. The molecule has 0 atom stereocenters. The highest BCUT2D eigenvalue weighted by atomic mass is 35.5. The van der Waals surface area contributed by atoms with Crippen LogP contribution in [0.3, 0.4) is 0 Å². The van der Waals surface area contributed by atoms with Gasteiger partial charge in [0.25, 0.3) is 0 Å². The van der Waals surface area contributed by atoms with Crippen LogP contribution in [0.25, 0.3) is 11.4 Å². The molecule has 2 heterocycles. The fourth-order valence-electron chi connectivity index (χ4n) is 1.98. The number of hydrogen-bond acceptors (Lipinski definition) is 4. The van der Waals surface area contributed by atoms with Crippen molar-refractivity contribution in [1.82, 2.24) is 9.97 Å². The summed E-state index contributed by atoms with van der Waals surface area (Å²) in [5.74, 6) is 1.89. The molecule has 1 aliphatic rings. The van der Waals surface area contributed by atoms with E-state index in [0.29, 0.717) is 16.5 Å². The highest BCUT2D eigenvalue weighted by molar-refractivity contribution is 7.98. The molecule has 1 aromatic heterocycles. The first kappa shape index (κ1) is 13.6. The standard InChI is InChI=1S/C13H9ClF2N2OS/c14-11-8-5-20-6-9(8)17-12(18-11)7-3-1-2-4-10(7)19-13(15)16/h1-4,13H,5-6H2. The molecule has 0 amide bonds. The molecule has 20 heavy (non-hydrogen) atoms. The van der Waals surface area contributed by atoms with E-state index >= 15 is 0 Å². The SMILES string of the molecule is FC(F)Oc1ccccc1-c1nc(Cl)c2c(n1)CSC2. The molecule has 0 unspecified atom stereocenters. The van der Waals surface area contributed by atoms with Gasteiger partial charge >= 0.3 is 6.61 Å². The second-order valence-corrected chi connectivity index (χ2v) is 5.47. The van der Waals surface area contributed by atoms with Gasteiger partial charge in [0.15, 0.2) is 5.82 Å². The van der Waals surface area contributed by atoms with Crippen molar-refractivity contribution in [2.45, 2.75) is 18.1 Å². The van der Waals surface area contributed by atoms with Crippen molar-refractivity contribution in [2.75, 3.05) is 0 Å². The van der Waals surface area contributed by atoms with E-state index in [-0.39, 0.29) is 5.75 Å². The third kappa shape index (κ3) is 2.58. The van der Waals surface area contributed by atoms with Gasteiger partial charge in [-0.15, -0.1) is 0 Å². The molecule has 0 aliphatic carbocycles. The Morgan fingerprint density at radius 2 is 2.00 bits per heavy atom. The summed E-state index contributed by atoms with van der Waals surface area (Å²) in [6.45, 7) is -2.89. The van der Waals surface area contributed by atoms with Gasteiger partial charge in [-0.1, -0.05) is 23.7 Å². The maximum absolute atomic E-state index is 12.4. The Labute approximate surface area is 123 Å². The average Bonchev–Trinajstić information content (AvgIpc) is 2.87. The predicted molar refractivity (Wildman–Crippen MR) is 74.1 cm³/mol. The van der Waals surface area contributed by atoms with E-state index < -0.39 is 6.61 Å². The molecule has 0 spiro atoms. The molecule has 0 N–H and O–H groups in total. The summed E-state index contributed by atoms with van der Waals surface area (Å²) in [5.41, 5.74) is 2.19. The molecular formula is C13H9ClF2N2OS. The van der Waals surface area contributed by atoms with Crippen molar-refractivity contribution in [3.05, 3.63) is 40.7 Å². The number of hydrogen-bond donors (Lipinski definition) is 0. The van der Waals surface area contributed by atoms with E-state index in [1.54, 1.807) is 30.0 Å². The van der Waals surface area contributed by atoms with Crippen molar-refractivity contribution in [2.24, 2.45) is 0 Å². The maximum Gasteiger partial charge on any atom is 0.387 e. The smallest absolute Gasteiger partial charge is 0.387 e. The fraction of sp³-hybridized carbons (Fsp3) is 0.231. The lowest BCUT2D eigenvalue weighted by Crippen LogP contribution is -2.04. The lowest BCUT2D eigenvalue weighted by molar-refractivity contribution is -0.0494. The number of ether oxygens (including phenoxy) is 1. The van der Waals surface area contributed by atoms with Crippen LogP contribution in [-0.4, -0.2) is 16.6 Å². The Hall–Kier alpha value is -1.40. The first-order valence-electron chi connectivity index (χ1n) is 5.82. The minimum Gasteiger partial charge on any atom is -0.434 e. The van der Waals surface area contributed by atoms with Crippen LogP contribution in [0.4, 0.5) is 8.78 Å². The second-order valence-electron chi connectivity index (χ2n) is 4.13. The highest BCUT2D eigenvalue weighted by Gasteiger charge is 2.21. The second kappa shape index (κ2) is 5.54. The summed E-state index contributed by atoms with van der Waals surface area (Å²) in [6.07, 6.45) is 0. The van der Waals surface area contributed by atoms with Gasteiger partial charge in [-0.2, -0.15) is 20.5 Å². The van der Waals surface area contributed by atoms with Gasteiger partial charge in [0.05, 0.1) is 11.3 Å². The zero-order valence-electron chi connectivity index (χ0n) is 10.1. The molecule has 1 aliphatic heterocycles. The highest BCUT2D eigenvalue weighted by Crippen LogP contribution is 2.36. The Kier molecular flexibility index (Phi) is 3.76. The molecule has 3 rings (SSSR count). The predicted octanol–water partition coefficient (Wildman–Crippen LogP) is 4.15. The summed E-state index contributed by atoms with van der Waals surface area (Å²) in [4.78, 5) is 8.61. The van der Waals surface area contributed by atoms with Gasteiger partial charge in [0, 0.05) is 17.1 Å². The summed E-state index contributed by atoms with van der Waals surface area (Å²) >= 11 is 7.83. The van der Waals surface area contributed by atoms with Crippen LogP contribution in [0, 0.1) is 0 Å². The molecule has 0 radical (unpaired) electrons. The van der Waals surface area contributed by atoms with E-state index in [1.807, 2.05) is 0 Å².